The molecule has 0 saturated carbocycles. The molecule has 4 aromatic rings. The van der Waals surface area contributed by atoms with Crippen LogP contribution < -0.4 is 9.47 Å². The quantitative estimate of drug-likeness (QED) is 0.327. The van der Waals surface area contributed by atoms with E-state index in [1.165, 1.54) is 32.4 Å². The van der Waals surface area contributed by atoms with E-state index in [1.807, 2.05) is 12.1 Å². The summed E-state index contributed by atoms with van der Waals surface area (Å²) in [7, 11) is 2.65. The second-order valence-corrected chi connectivity index (χ2v) is 7.96. The van der Waals surface area contributed by atoms with Gasteiger partial charge in [-0.3, -0.25) is 4.68 Å². The molecule has 0 atom stereocenters. The van der Waals surface area contributed by atoms with E-state index in [9.17, 15) is 18.3 Å². The number of aromatic nitrogens is 2. The van der Waals surface area contributed by atoms with Gasteiger partial charge in [0, 0.05) is 29.3 Å². The molecule has 0 aliphatic carbocycles. The zero-order valence-electron chi connectivity index (χ0n) is 18.2. The third-order valence-electron chi connectivity index (χ3n) is 5.22. The van der Waals surface area contributed by atoms with Crippen LogP contribution in [0.2, 0.25) is 5.02 Å². The molecular formula is C25H20ClF3N2O3. The number of methoxy groups -OCH3 is 1. The Balaban J connectivity index is 1.74. The SMILES string of the molecule is COc1cccc(-c2c(-c3ccc(OCc4ccc(Cl)cc4)cc3O)nn(C)c2C(F)(F)F)c1. The Labute approximate surface area is 198 Å². The lowest BCUT2D eigenvalue weighted by atomic mass is 9.97. The Morgan fingerprint density at radius 3 is 2.38 bits per heavy atom. The highest BCUT2D eigenvalue weighted by atomic mass is 35.5. The number of nitrogens with zero attached hydrogens (tertiary/aromatic N) is 2. The predicted molar refractivity (Wildman–Crippen MR) is 123 cm³/mol. The molecule has 0 amide bonds. The van der Waals surface area contributed by atoms with E-state index in [2.05, 4.69) is 5.10 Å². The van der Waals surface area contributed by atoms with Crippen LogP contribution in [0.5, 0.6) is 17.2 Å². The standard InChI is InChI=1S/C25H20ClF3N2O3/c1-31-24(25(27,28)29)22(16-4-3-5-18(12-16)33-2)23(30-31)20-11-10-19(13-21(20)32)34-14-15-6-8-17(26)9-7-15/h3-13,32H,14H2,1-2H3. The minimum absolute atomic E-state index is 0.00942. The van der Waals surface area contributed by atoms with Gasteiger partial charge in [-0.1, -0.05) is 35.9 Å². The molecule has 1 N–H and O–H groups in total. The van der Waals surface area contributed by atoms with Gasteiger partial charge in [-0.2, -0.15) is 18.3 Å². The molecule has 0 bridgehead atoms. The summed E-state index contributed by atoms with van der Waals surface area (Å²) >= 11 is 5.88. The average molecular weight is 489 g/mol. The summed E-state index contributed by atoms with van der Waals surface area (Å²) in [6.07, 6.45) is -4.67. The smallest absolute Gasteiger partial charge is 0.433 e. The molecule has 1 aromatic heterocycles. The number of halogens is 4. The van der Waals surface area contributed by atoms with Gasteiger partial charge in [0.1, 0.15) is 29.5 Å². The minimum Gasteiger partial charge on any atom is -0.507 e. The van der Waals surface area contributed by atoms with Crippen molar-refractivity contribution in [3.63, 3.8) is 0 Å². The highest BCUT2D eigenvalue weighted by molar-refractivity contribution is 6.30. The summed E-state index contributed by atoms with van der Waals surface area (Å²) in [6.45, 7) is 0.229. The first kappa shape index (κ1) is 23.5. The van der Waals surface area contributed by atoms with Crippen LogP contribution in [0.3, 0.4) is 0 Å². The van der Waals surface area contributed by atoms with Crippen molar-refractivity contribution < 1.29 is 27.8 Å². The maximum absolute atomic E-state index is 14.0. The molecule has 5 nitrogen and oxygen atoms in total. The molecule has 0 saturated heterocycles. The van der Waals surface area contributed by atoms with Crippen molar-refractivity contribution in [3.8, 4) is 39.6 Å². The number of ether oxygens (including phenoxy) is 2. The van der Waals surface area contributed by atoms with Crippen molar-refractivity contribution in [2.75, 3.05) is 7.11 Å². The normalized spacial score (nSPS) is 11.5. The Morgan fingerprint density at radius 2 is 1.74 bits per heavy atom. The Hall–Kier alpha value is -3.65. The second kappa shape index (κ2) is 9.30. The lowest BCUT2D eigenvalue weighted by molar-refractivity contribution is -0.143. The molecule has 9 heteroatoms. The van der Waals surface area contributed by atoms with Gasteiger partial charge in [0.05, 0.1) is 7.11 Å². The van der Waals surface area contributed by atoms with E-state index < -0.39 is 11.9 Å². The summed E-state index contributed by atoms with van der Waals surface area (Å²) < 4.78 is 53.6. The summed E-state index contributed by atoms with van der Waals surface area (Å²) in [4.78, 5) is 0. The third kappa shape index (κ3) is 4.82. The van der Waals surface area contributed by atoms with Crippen molar-refractivity contribution in [2.24, 2.45) is 7.05 Å². The zero-order chi connectivity index (χ0) is 24.5. The summed E-state index contributed by atoms with van der Waals surface area (Å²) in [5.41, 5.74) is 0.176. The lowest BCUT2D eigenvalue weighted by Gasteiger charge is -2.13. The van der Waals surface area contributed by atoms with Crippen LogP contribution in [-0.4, -0.2) is 22.0 Å². The summed E-state index contributed by atoms with van der Waals surface area (Å²) in [5, 5.41) is 15.4. The first-order valence-corrected chi connectivity index (χ1v) is 10.5. The van der Waals surface area contributed by atoms with Crippen molar-refractivity contribution >= 4 is 11.6 Å². The number of alkyl halides is 3. The van der Waals surface area contributed by atoms with Crippen LogP contribution in [0, 0.1) is 0 Å². The van der Waals surface area contributed by atoms with Gasteiger partial charge in [0.25, 0.3) is 0 Å². The molecule has 0 unspecified atom stereocenters. The Morgan fingerprint density at radius 1 is 1.00 bits per heavy atom. The van der Waals surface area contributed by atoms with E-state index in [-0.39, 0.29) is 34.7 Å². The first-order chi connectivity index (χ1) is 16.2. The van der Waals surface area contributed by atoms with Gasteiger partial charge in [0.15, 0.2) is 5.69 Å². The Bertz CT molecular complexity index is 1320. The zero-order valence-corrected chi connectivity index (χ0v) is 19.0. The molecule has 4 rings (SSSR count). The molecule has 0 spiro atoms. The van der Waals surface area contributed by atoms with Crippen LogP contribution in [0.25, 0.3) is 22.4 Å². The van der Waals surface area contributed by atoms with E-state index in [4.69, 9.17) is 21.1 Å². The topological polar surface area (TPSA) is 56.5 Å². The van der Waals surface area contributed by atoms with Crippen LogP contribution in [0.1, 0.15) is 11.3 Å². The monoisotopic (exact) mass is 488 g/mol. The van der Waals surface area contributed by atoms with Gasteiger partial charge in [-0.15, -0.1) is 0 Å². The number of phenolic OH excluding ortho intramolecular Hbond substituents is 1. The Kier molecular flexibility index (Phi) is 6.43. The molecular weight excluding hydrogens is 469 g/mol. The number of hydrogen-bond donors (Lipinski definition) is 1. The van der Waals surface area contributed by atoms with Crippen LogP contribution in [-0.2, 0) is 19.8 Å². The number of aryl methyl sites for hydroxylation is 1. The molecule has 0 aliphatic rings. The number of rotatable bonds is 6. The minimum atomic E-state index is -4.67. The van der Waals surface area contributed by atoms with E-state index in [1.54, 1.807) is 36.4 Å². The highest BCUT2D eigenvalue weighted by Crippen LogP contribution is 2.45. The van der Waals surface area contributed by atoms with E-state index in [0.717, 1.165) is 10.2 Å². The van der Waals surface area contributed by atoms with Gasteiger partial charge >= 0.3 is 6.18 Å². The average Bonchev–Trinajstić information content (AvgIpc) is 3.16. The number of aromatic hydroxyl groups is 1. The van der Waals surface area contributed by atoms with Crippen molar-refractivity contribution in [1.82, 2.24) is 9.78 Å². The fourth-order valence-electron chi connectivity index (χ4n) is 3.64. The van der Waals surface area contributed by atoms with Crippen LogP contribution in [0.15, 0.2) is 66.7 Å². The lowest BCUT2D eigenvalue weighted by Crippen LogP contribution is -2.13. The van der Waals surface area contributed by atoms with Gasteiger partial charge < -0.3 is 14.6 Å². The molecule has 3 aromatic carbocycles. The van der Waals surface area contributed by atoms with Gasteiger partial charge in [-0.05, 0) is 47.5 Å². The van der Waals surface area contributed by atoms with E-state index >= 15 is 0 Å². The fraction of sp³-hybridized carbons (Fsp3) is 0.160. The van der Waals surface area contributed by atoms with Crippen molar-refractivity contribution in [3.05, 3.63) is 83.0 Å². The number of hydrogen-bond acceptors (Lipinski definition) is 4. The predicted octanol–water partition coefficient (Wildman–Crippen LogP) is 6.72. The van der Waals surface area contributed by atoms with Gasteiger partial charge in [-0.25, -0.2) is 0 Å². The molecule has 1 heterocycles. The molecule has 176 valence electrons. The summed E-state index contributed by atoms with van der Waals surface area (Å²) in [5.74, 6) is 0.492. The molecule has 0 fully saturated rings. The van der Waals surface area contributed by atoms with Crippen LogP contribution in [0.4, 0.5) is 13.2 Å². The maximum atomic E-state index is 14.0. The largest absolute Gasteiger partial charge is 0.507 e. The second-order valence-electron chi connectivity index (χ2n) is 7.52. The molecule has 0 aliphatic heterocycles. The maximum Gasteiger partial charge on any atom is 0.433 e. The van der Waals surface area contributed by atoms with E-state index in [0.29, 0.717) is 16.5 Å². The number of benzene rings is 3. The van der Waals surface area contributed by atoms with Gasteiger partial charge in [0.2, 0.25) is 0 Å². The highest BCUT2D eigenvalue weighted by Gasteiger charge is 2.40. The molecule has 0 radical (unpaired) electrons. The van der Waals surface area contributed by atoms with Crippen LogP contribution >= 0.6 is 11.6 Å². The van der Waals surface area contributed by atoms with Crippen molar-refractivity contribution in [2.45, 2.75) is 12.8 Å². The molecule has 34 heavy (non-hydrogen) atoms. The number of phenols is 1. The summed E-state index contributed by atoms with van der Waals surface area (Å²) in [6, 6.07) is 17.8. The third-order valence-corrected chi connectivity index (χ3v) is 5.47. The first-order valence-electron chi connectivity index (χ1n) is 10.2. The fourth-order valence-corrected chi connectivity index (χ4v) is 3.76. The van der Waals surface area contributed by atoms with Crippen molar-refractivity contribution in [1.29, 1.82) is 0 Å².